The smallest absolute Gasteiger partial charge is 0.244 e. The fraction of sp³-hybridized carbons (Fsp3) is 0.867. The number of carbonyl (C=O) groups excluding carboxylic acids is 2. The predicted molar refractivity (Wildman–Crippen MR) is 85.5 cm³/mol. The molecule has 2 saturated heterocycles. The van der Waals surface area contributed by atoms with Gasteiger partial charge in [-0.15, -0.1) is 12.4 Å². The van der Waals surface area contributed by atoms with Crippen molar-refractivity contribution in [2.45, 2.75) is 51.5 Å². The first-order chi connectivity index (χ1) is 9.66. The highest BCUT2D eigenvalue weighted by Crippen LogP contribution is 2.14. The first-order valence-electron chi connectivity index (χ1n) is 7.95. The second-order valence-corrected chi connectivity index (χ2v) is 6.07. The highest BCUT2D eigenvalue weighted by atomic mass is 35.5. The van der Waals surface area contributed by atoms with Gasteiger partial charge in [0.2, 0.25) is 11.8 Å². The number of hydrogen-bond acceptors (Lipinski definition) is 3. The van der Waals surface area contributed by atoms with E-state index in [1.54, 1.807) is 6.92 Å². The lowest BCUT2D eigenvalue weighted by Crippen LogP contribution is -2.48. The van der Waals surface area contributed by atoms with Crippen molar-refractivity contribution in [1.82, 2.24) is 15.5 Å². The third kappa shape index (κ3) is 5.83. The quantitative estimate of drug-likeness (QED) is 0.804. The van der Waals surface area contributed by atoms with E-state index in [9.17, 15) is 9.59 Å². The Morgan fingerprint density at radius 3 is 2.62 bits per heavy atom. The molecule has 0 radical (unpaired) electrons. The number of amides is 2. The number of carbonyl (C=O) groups is 2. The molecule has 0 bridgehead atoms. The molecule has 2 amide bonds. The summed E-state index contributed by atoms with van der Waals surface area (Å²) < 4.78 is 0. The molecule has 2 fully saturated rings. The molecule has 5 nitrogen and oxygen atoms in total. The van der Waals surface area contributed by atoms with Crippen molar-refractivity contribution in [3.8, 4) is 0 Å². The van der Waals surface area contributed by atoms with Gasteiger partial charge in [-0.2, -0.15) is 0 Å². The number of nitrogens with zero attached hydrogens (tertiary/aromatic N) is 1. The third-order valence-electron chi connectivity index (χ3n) is 4.36. The SMILES string of the molecule is CC(NC(=O)CCC1CCNC1)C(=O)N1CCCCC1.Cl. The molecule has 2 aliphatic rings. The number of likely N-dealkylation sites (tertiary alicyclic amines) is 1. The minimum Gasteiger partial charge on any atom is -0.345 e. The Kier molecular flexibility index (Phi) is 8.04. The summed E-state index contributed by atoms with van der Waals surface area (Å²) in [6.45, 7) is 5.57. The summed E-state index contributed by atoms with van der Waals surface area (Å²) in [7, 11) is 0. The van der Waals surface area contributed by atoms with E-state index in [0.717, 1.165) is 51.9 Å². The van der Waals surface area contributed by atoms with Crippen LogP contribution in [0, 0.1) is 5.92 Å². The van der Waals surface area contributed by atoms with Crippen molar-refractivity contribution in [2.24, 2.45) is 5.92 Å². The van der Waals surface area contributed by atoms with Gasteiger partial charge in [0.25, 0.3) is 0 Å². The third-order valence-corrected chi connectivity index (χ3v) is 4.36. The van der Waals surface area contributed by atoms with Gasteiger partial charge in [0.05, 0.1) is 0 Å². The summed E-state index contributed by atoms with van der Waals surface area (Å²) >= 11 is 0. The van der Waals surface area contributed by atoms with Crippen molar-refractivity contribution in [3.63, 3.8) is 0 Å². The predicted octanol–water partition coefficient (Wildman–Crippen LogP) is 1.32. The van der Waals surface area contributed by atoms with Gasteiger partial charge in [0.1, 0.15) is 6.04 Å². The Bertz CT molecular complexity index is 340. The molecule has 2 N–H and O–H groups in total. The van der Waals surface area contributed by atoms with Crippen LogP contribution in [0.3, 0.4) is 0 Å². The molecular formula is C15H28ClN3O2. The maximum absolute atomic E-state index is 12.2. The molecule has 2 atom stereocenters. The normalized spacial score (nSPS) is 23.3. The first-order valence-corrected chi connectivity index (χ1v) is 7.95. The zero-order chi connectivity index (χ0) is 14.4. The van der Waals surface area contributed by atoms with Crippen molar-refractivity contribution in [3.05, 3.63) is 0 Å². The lowest BCUT2D eigenvalue weighted by atomic mass is 10.0. The van der Waals surface area contributed by atoms with E-state index in [1.165, 1.54) is 6.42 Å². The number of piperidine rings is 1. The van der Waals surface area contributed by atoms with Crippen LogP contribution in [0.2, 0.25) is 0 Å². The molecule has 0 spiro atoms. The maximum atomic E-state index is 12.2. The van der Waals surface area contributed by atoms with Crippen LogP contribution in [0.4, 0.5) is 0 Å². The fourth-order valence-corrected chi connectivity index (χ4v) is 3.06. The van der Waals surface area contributed by atoms with Gasteiger partial charge < -0.3 is 15.5 Å². The topological polar surface area (TPSA) is 61.4 Å². The Hall–Kier alpha value is -0.810. The molecule has 21 heavy (non-hydrogen) atoms. The molecule has 0 aromatic heterocycles. The number of rotatable bonds is 5. The van der Waals surface area contributed by atoms with Gasteiger partial charge >= 0.3 is 0 Å². The minimum atomic E-state index is -0.387. The summed E-state index contributed by atoms with van der Waals surface area (Å²) in [6.07, 6.45) is 5.99. The molecule has 2 aliphatic heterocycles. The van der Waals surface area contributed by atoms with Crippen molar-refractivity contribution in [1.29, 1.82) is 0 Å². The molecule has 0 aliphatic carbocycles. The molecule has 2 rings (SSSR count). The van der Waals surface area contributed by atoms with Crippen LogP contribution >= 0.6 is 12.4 Å². The second-order valence-electron chi connectivity index (χ2n) is 6.07. The zero-order valence-electron chi connectivity index (χ0n) is 12.9. The maximum Gasteiger partial charge on any atom is 0.244 e. The lowest BCUT2D eigenvalue weighted by molar-refractivity contribution is -0.136. The molecule has 0 saturated carbocycles. The molecule has 6 heteroatoms. The van der Waals surface area contributed by atoms with E-state index >= 15 is 0 Å². The molecule has 122 valence electrons. The first kappa shape index (κ1) is 18.2. The van der Waals surface area contributed by atoms with E-state index in [-0.39, 0.29) is 30.3 Å². The van der Waals surface area contributed by atoms with Crippen molar-refractivity contribution >= 4 is 24.2 Å². The van der Waals surface area contributed by atoms with Crippen molar-refractivity contribution in [2.75, 3.05) is 26.2 Å². The average Bonchev–Trinajstić information content (AvgIpc) is 2.98. The molecule has 2 unspecified atom stereocenters. The van der Waals surface area contributed by atoms with Crippen molar-refractivity contribution < 1.29 is 9.59 Å². The van der Waals surface area contributed by atoms with E-state index in [4.69, 9.17) is 0 Å². The van der Waals surface area contributed by atoms with Gasteiger partial charge in [-0.25, -0.2) is 0 Å². The summed E-state index contributed by atoms with van der Waals surface area (Å²) in [4.78, 5) is 26.0. The van der Waals surface area contributed by atoms with E-state index in [1.807, 2.05) is 4.90 Å². The summed E-state index contributed by atoms with van der Waals surface area (Å²) in [5.74, 6) is 0.698. The molecule has 0 aromatic carbocycles. The monoisotopic (exact) mass is 317 g/mol. The van der Waals surface area contributed by atoms with Crippen LogP contribution in [-0.2, 0) is 9.59 Å². The Labute approximate surface area is 133 Å². The summed E-state index contributed by atoms with van der Waals surface area (Å²) in [5, 5.41) is 6.16. The molecule has 0 aromatic rings. The van der Waals surface area contributed by atoms with Crippen LogP contribution in [0.1, 0.15) is 45.4 Å². The molecular weight excluding hydrogens is 290 g/mol. The van der Waals surface area contributed by atoms with E-state index < -0.39 is 0 Å². The molecule has 2 heterocycles. The van der Waals surface area contributed by atoms with Gasteiger partial charge in [-0.3, -0.25) is 9.59 Å². The average molecular weight is 318 g/mol. The van der Waals surface area contributed by atoms with Gasteiger partial charge in [-0.1, -0.05) is 0 Å². The fourth-order valence-electron chi connectivity index (χ4n) is 3.06. The van der Waals surface area contributed by atoms with Crippen LogP contribution in [-0.4, -0.2) is 48.9 Å². The van der Waals surface area contributed by atoms with Crippen LogP contribution in [0.25, 0.3) is 0 Å². The minimum absolute atomic E-state index is 0. The number of nitrogens with one attached hydrogen (secondary N) is 2. The van der Waals surface area contributed by atoms with Gasteiger partial charge in [-0.05, 0) is 58.0 Å². The number of halogens is 1. The summed E-state index contributed by atoms with van der Waals surface area (Å²) in [5.41, 5.74) is 0. The number of hydrogen-bond donors (Lipinski definition) is 2. The highest BCUT2D eigenvalue weighted by Gasteiger charge is 2.23. The van der Waals surface area contributed by atoms with Crippen LogP contribution in [0.15, 0.2) is 0 Å². The Morgan fingerprint density at radius 2 is 2.00 bits per heavy atom. The lowest BCUT2D eigenvalue weighted by Gasteiger charge is -2.29. The highest BCUT2D eigenvalue weighted by molar-refractivity contribution is 5.87. The summed E-state index contributed by atoms with van der Waals surface area (Å²) in [6, 6.07) is -0.387. The Balaban J connectivity index is 0.00000220. The zero-order valence-corrected chi connectivity index (χ0v) is 13.7. The van der Waals surface area contributed by atoms with Gasteiger partial charge in [0, 0.05) is 19.5 Å². The largest absolute Gasteiger partial charge is 0.345 e. The van der Waals surface area contributed by atoms with Crippen LogP contribution < -0.4 is 10.6 Å². The van der Waals surface area contributed by atoms with E-state index in [2.05, 4.69) is 10.6 Å². The standard InChI is InChI=1S/C15H27N3O2.ClH/c1-12(15(20)18-9-3-2-4-10-18)17-14(19)6-5-13-7-8-16-11-13;/h12-13,16H,2-11H2,1H3,(H,17,19);1H. The second kappa shape index (κ2) is 9.26. The van der Waals surface area contributed by atoms with Gasteiger partial charge in [0.15, 0.2) is 0 Å². The Morgan fingerprint density at radius 1 is 1.29 bits per heavy atom. The van der Waals surface area contributed by atoms with Crippen LogP contribution in [0.5, 0.6) is 0 Å². The van der Waals surface area contributed by atoms with E-state index in [0.29, 0.717) is 12.3 Å².